The normalized spacial score (nSPS) is 10.9. The van der Waals surface area contributed by atoms with E-state index < -0.39 is 0 Å². The van der Waals surface area contributed by atoms with Crippen LogP contribution in [0.4, 0.5) is 0 Å². The van der Waals surface area contributed by atoms with E-state index in [1.807, 2.05) is 49.4 Å². The van der Waals surface area contributed by atoms with Gasteiger partial charge < -0.3 is 0 Å². The lowest BCUT2D eigenvalue weighted by molar-refractivity contribution is 0.0992. The van der Waals surface area contributed by atoms with Gasteiger partial charge in [0, 0.05) is 10.0 Å². The molecule has 100 valence electrons. The van der Waals surface area contributed by atoms with E-state index in [-0.39, 0.29) is 5.78 Å². The van der Waals surface area contributed by atoms with Gasteiger partial charge in [-0.05, 0) is 31.2 Å². The fourth-order valence-electron chi connectivity index (χ4n) is 2.08. The van der Waals surface area contributed by atoms with Crippen molar-refractivity contribution in [1.29, 1.82) is 0 Å². The third-order valence-electron chi connectivity index (χ3n) is 3.07. The molecule has 4 heteroatoms. The Kier molecular flexibility index (Phi) is 3.68. The molecule has 0 spiro atoms. The number of hydrogen-bond donors (Lipinski definition) is 0. The molecule has 0 amide bonds. The number of carbonyl (C=O) groups excluding carboxylic acids is 1. The van der Waals surface area contributed by atoms with Gasteiger partial charge >= 0.3 is 0 Å². The highest BCUT2D eigenvalue weighted by atomic mass is 79.9. The molecule has 3 aromatic rings. The summed E-state index contributed by atoms with van der Waals surface area (Å²) in [4.78, 5) is 16.9. The van der Waals surface area contributed by atoms with Crippen LogP contribution >= 0.6 is 27.3 Å². The van der Waals surface area contributed by atoms with Crippen LogP contribution in [0.2, 0.25) is 0 Å². The van der Waals surface area contributed by atoms with E-state index in [0.717, 1.165) is 30.8 Å². The SMILES string of the molecule is Cc1ccc(Br)c(C(=O)Cc2nc3ccccc3s2)c1. The summed E-state index contributed by atoms with van der Waals surface area (Å²) in [6.45, 7) is 1.99. The maximum Gasteiger partial charge on any atom is 0.170 e. The minimum atomic E-state index is 0.0969. The molecule has 0 aliphatic heterocycles. The molecule has 0 saturated heterocycles. The second kappa shape index (κ2) is 5.46. The van der Waals surface area contributed by atoms with Crippen LogP contribution in [0.5, 0.6) is 0 Å². The number of benzene rings is 2. The van der Waals surface area contributed by atoms with Crippen LogP contribution in [0.1, 0.15) is 20.9 Å². The van der Waals surface area contributed by atoms with Crippen molar-refractivity contribution in [2.75, 3.05) is 0 Å². The van der Waals surface area contributed by atoms with Gasteiger partial charge in [-0.25, -0.2) is 4.98 Å². The van der Waals surface area contributed by atoms with Gasteiger partial charge in [-0.1, -0.05) is 39.7 Å². The first kappa shape index (κ1) is 13.5. The van der Waals surface area contributed by atoms with Crippen molar-refractivity contribution >= 4 is 43.3 Å². The molecule has 0 saturated carbocycles. The van der Waals surface area contributed by atoms with Crippen molar-refractivity contribution in [2.24, 2.45) is 0 Å². The van der Waals surface area contributed by atoms with Crippen LogP contribution in [0.25, 0.3) is 10.2 Å². The van der Waals surface area contributed by atoms with Gasteiger partial charge in [0.05, 0.1) is 16.6 Å². The quantitative estimate of drug-likeness (QED) is 0.638. The lowest BCUT2D eigenvalue weighted by atomic mass is 10.1. The van der Waals surface area contributed by atoms with E-state index in [9.17, 15) is 4.79 Å². The molecule has 0 atom stereocenters. The largest absolute Gasteiger partial charge is 0.294 e. The van der Waals surface area contributed by atoms with E-state index in [0.29, 0.717) is 6.42 Å². The molecular weight excluding hydrogens is 334 g/mol. The number of aryl methyl sites for hydroxylation is 1. The second-order valence-corrected chi connectivity index (χ2v) is 6.63. The number of nitrogens with zero attached hydrogens (tertiary/aromatic N) is 1. The van der Waals surface area contributed by atoms with Gasteiger partial charge in [0.25, 0.3) is 0 Å². The summed E-state index contributed by atoms with van der Waals surface area (Å²) in [5.74, 6) is 0.0969. The summed E-state index contributed by atoms with van der Waals surface area (Å²) >= 11 is 5.02. The second-order valence-electron chi connectivity index (χ2n) is 4.66. The average molecular weight is 346 g/mol. The van der Waals surface area contributed by atoms with Crippen LogP contribution < -0.4 is 0 Å². The summed E-state index contributed by atoms with van der Waals surface area (Å²) in [6.07, 6.45) is 0.349. The lowest BCUT2D eigenvalue weighted by Crippen LogP contribution is -2.04. The van der Waals surface area contributed by atoms with Crippen LogP contribution in [0.15, 0.2) is 46.9 Å². The van der Waals surface area contributed by atoms with Crippen molar-refractivity contribution in [2.45, 2.75) is 13.3 Å². The van der Waals surface area contributed by atoms with Crippen molar-refractivity contribution in [3.63, 3.8) is 0 Å². The van der Waals surface area contributed by atoms with E-state index >= 15 is 0 Å². The van der Waals surface area contributed by atoms with Gasteiger partial charge in [-0.3, -0.25) is 4.79 Å². The molecule has 0 N–H and O–H groups in total. The Labute approximate surface area is 129 Å². The first-order valence-electron chi connectivity index (χ1n) is 6.27. The standard InChI is InChI=1S/C16H12BrNOS/c1-10-6-7-12(17)11(8-10)14(19)9-16-18-13-4-2-3-5-15(13)20-16/h2-8H,9H2,1H3. The Morgan fingerprint density at radius 3 is 2.85 bits per heavy atom. The van der Waals surface area contributed by atoms with Crippen LogP contribution in [0.3, 0.4) is 0 Å². The number of halogens is 1. The average Bonchev–Trinajstić information content (AvgIpc) is 2.83. The molecular formula is C16H12BrNOS. The molecule has 20 heavy (non-hydrogen) atoms. The number of para-hydroxylation sites is 1. The molecule has 0 radical (unpaired) electrons. The molecule has 1 heterocycles. The Balaban J connectivity index is 1.90. The van der Waals surface area contributed by atoms with Crippen molar-refractivity contribution in [3.8, 4) is 0 Å². The number of carbonyl (C=O) groups is 1. The smallest absolute Gasteiger partial charge is 0.170 e. The molecule has 2 nitrogen and oxygen atoms in total. The monoisotopic (exact) mass is 345 g/mol. The van der Waals surface area contributed by atoms with E-state index in [2.05, 4.69) is 20.9 Å². The van der Waals surface area contributed by atoms with Crippen molar-refractivity contribution in [3.05, 3.63) is 63.1 Å². The lowest BCUT2D eigenvalue weighted by Gasteiger charge is -2.03. The fourth-order valence-corrected chi connectivity index (χ4v) is 3.51. The zero-order valence-corrected chi connectivity index (χ0v) is 13.3. The summed E-state index contributed by atoms with van der Waals surface area (Å²) in [7, 11) is 0. The molecule has 1 aromatic heterocycles. The Bertz CT molecular complexity index is 761. The first-order valence-corrected chi connectivity index (χ1v) is 7.88. The summed E-state index contributed by atoms with van der Waals surface area (Å²) < 4.78 is 1.97. The Morgan fingerprint density at radius 1 is 1.25 bits per heavy atom. The van der Waals surface area contributed by atoms with Crippen LogP contribution in [-0.2, 0) is 6.42 Å². The Morgan fingerprint density at radius 2 is 2.05 bits per heavy atom. The van der Waals surface area contributed by atoms with Crippen molar-refractivity contribution in [1.82, 2.24) is 4.98 Å². The summed E-state index contributed by atoms with van der Waals surface area (Å²) in [6, 6.07) is 13.8. The number of rotatable bonds is 3. The molecule has 0 aliphatic rings. The van der Waals surface area contributed by atoms with Crippen LogP contribution in [0, 0.1) is 6.92 Å². The van der Waals surface area contributed by atoms with E-state index in [4.69, 9.17) is 0 Å². The fraction of sp³-hybridized carbons (Fsp3) is 0.125. The third-order valence-corrected chi connectivity index (χ3v) is 4.80. The van der Waals surface area contributed by atoms with Gasteiger partial charge in [0.1, 0.15) is 5.01 Å². The predicted octanol–water partition coefficient (Wildman–Crippen LogP) is 4.79. The molecule has 0 fully saturated rings. The molecule has 0 bridgehead atoms. The number of hydrogen-bond acceptors (Lipinski definition) is 3. The predicted molar refractivity (Wildman–Crippen MR) is 86.5 cm³/mol. The highest BCUT2D eigenvalue weighted by Crippen LogP contribution is 2.24. The number of fused-ring (bicyclic) bond motifs is 1. The highest BCUT2D eigenvalue weighted by Gasteiger charge is 2.13. The maximum atomic E-state index is 12.4. The molecule has 0 aliphatic carbocycles. The van der Waals surface area contributed by atoms with Gasteiger partial charge in [0.2, 0.25) is 0 Å². The zero-order valence-electron chi connectivity index (χ0n) is 10.9. The Hall–Kier alpha value is -1.52. The minimum Gasteiger partial charge on any atom is -0.294 e. The van der Waals surface area contributed by atoms with Crippen molar-refractivity contribution < 1.29 is 4.79 Å². The summed E-state index contributed by atoms with van der Waals surface area (Å²) in [5, 5.41) is 0.865. The van der Waals surface area contributed by atoms with E-state index in [1.54, 1.807) is 11.3 Å². The number of aromatic nitrogens is 1. The van der Waals surface area contributed by atoms with E-state index in [1.165, 1.54) is 0 Å². The van der Waals surface area contributed by atoms with Gasteiger partial charge in [-0.15, -0.1) is 11.3 Å². The van der Waals surface area contributed by atoms with Gasteiger partial charge in [-0.2, -0.15) is 0 Å². The maximum absolute atomic E-state index is 12.4. The zero-order chi connectivity index (χ0) is 14.1. The minimum absolute atomic E-state index is 0.0969. The molecule has 0 unspecified atom stereocenters. The molecule has 3 rings (SSSR count). The highest BCUT2D eigenvalue weighted by molar-refractivity contribution is 9.10. The third kappa shape index (κ3) is 2.67. The number of Topliss-reactive ketones (excluding diaryl/α,β-unsaturated/α-hetero) is 1. The van der Waals surface area contributed by atoms with Gasteiger partial charge in [0.15, 0.2) is 5.78 Å². The van der Waals surface area contributed by atoms with Crippen LogP contribution in [-0.4, -0.2) is 10.8 Å². The molecule has 2 aromatic carbocycles. The number of ketones is 1. The number of thiazole rings is 1. The topological polar surface area (TPSA) is 30.0 Å². The summed E-state index contributed by atoms with van der Waals surface area (Å²) in [5.41, 5.74) is 2.77. The first-order chi connectivity index (χ1) is 9.63.